The Labute approximate surface area is 99.1 Å². The van der Waals surface area contributed by atoms with Crippen molar-refractivity contribution >= 4 is 27.6 Å². The van der Waals surface area contributed by atoms with E-state index in [1.807, 2.05) is 0 Å². The molecular formula is C8H12ClN3O3S. The third kappa shape index (κ3) is 4.30. The molecule has 0 spiro atoms. The number of anilines is 1. The molecule has 16 heavy (non-hydrogen) atoms. The number of methoxy groups -OCH3 is 1. The second kappa shape index (κ2) is 5.42. The molecule has 0 atom stereocenters. The van der Waals surface area contributed by atoms with Crippen LogP contribution in [0.4, 0.5) is 5.95 Å². The lowest BCUT2D eigenvalue weighted by Crippen LogP contribution is -2.21. The molecule has 0 fully saturated rings. The van der Waals surface area contributed by atoms with E-state index in [9.17, 15) is 8.42 Å². The van der Waals surface area contributed by atoms with Gasteiger partial charge in [-0.2, -0.15) is 0 Å². The zero-order valence-corrected chi connectivity index (χ0v) is 10.5. The van der Waals surface area contributed by atoms with Gasteiger partial charge in [-0.25, -0.2) is 18.4 Å². The van der Waals surface area contributed by atoms with Crippen molar-refractivity contribution in [1.29, 1.82) is 0 Å². The number of hydrogen-bond donors (Lipinski definition) is 1. The van der Waals surface area contributed by atoms with Gasteiger partial charge in [-0.3, -0.25) is 4.72 Å². The second-order valence-electron chi connectivity index (χ2n) is 3.07. The lowest BCUT2D eigenvalue weighted by atomic mass is 10.5. The predicted octanol–water partition coefficient (Wildman–Crippen LogP) is 0.827. The van der Waals surface area contributed by atoms with Crippen molar-refractivity contribution in [3.8, 4) is 0 Å². The number of rotatable bonds is 5. The Balaban J connectivity index is 2.80. The lowest BCUT2D eigenvalue weighted by Gasteiger charge is -2.06. The van der Waals surface area contributed by atoms with Gasteiger partial charge in [0, 0.05) is 12.8 Å². The second-order valence-corrected chi connectivity index (χ2v) is 5.30. The summed E-state index contributed by atoms with van der Waals surface area (Å²) in [6.07, 6.45) is 0. The summed E-state index contributed by atoms with van der Waals surface area (Å²) in [5.74, 6) is -0.181. The molecule has 0 aliphatic rings. The molecule has 1 aromatic heterocycles. The van der Waals surface area contributed by atoms with E-state index in [0.29, 0.717) is 5.69 Å². The molecule has 1 heterocycles. The van der Waals surface area contributed by atoms with Gasteiger partial charge in [0.2, 0.25) is 16.0 Å². The van der Waals surface area contributed by atoms with Gasteiger partial charge in [0.05, 0.1) is 12.4 Å². The molecule has 1 aromatic rings. The van der Waals surface area contributed by atoms with Crippen molar-refractivity contribution in [3.63, 3.8) is 0 Å². The van der Waals surface area contributed by atoms with Gasteiger partial charge in [-0.05, 0) is 13.0 Å². The smallest absolute Gasteiger partial charge is 0.238 e. The van der Waals surface area contributed by atoms with Crippen molar-refractivity contribution in [2.24, 2.45) is 0 Å². The van der Waals surface area contributed by atoms with Crippen molar-refractivity contribution in [2.45, 2.75) is 6.92 Å². The van der Waals surface area contributed by atoms with E-state index >= 15 is 0 Å². The maximum absolute atomic E-state index is 11.5. The fraction of sp³-hybridized carbons (Fsp3) is 0.500. The Kier molecular flexibility index (Phi) is 4.45. The van der Waals surface area contributed by atoms with E-state index in [0.717, 1.165) is 0 Å². The number of nitrogens with one attached hydrogen (secondary N) is 1. The summed E-state index contributed by atoms with van der Waals surface area (Å²) < 4.78 is 29.8. The molecule has 6 nitrogen and oxygen atoms in total. The van der Waals surface area contributed by atoms with E-state index in [1.54, 1.807) is 6.92 Å². The molecule has 0 radical (unpaired) electrons. The zero-order valence-electron chi connectivity index (χ0n) is 8.90. The van der Waals surface area contributed by atoms with Crippen LogP contribution in [0.3, 0.4) is 0 Å². The first-order valence-electron chi connectivity index (χ1n) is 4.43. The Morgan fingerprint density at radius 1 is 1.50 bits per heavy atom. The minimum absolute atomic E-state index is 0.0268. The van der Waals surface area contributed by atoms with Gasteiger partial charge in [-0.1, -0.05) is 11.6 Å². The Morgan fingerprint density at radius 2 is 2.19 bits per heavy atom. The van der Waals surface area contributed by atoms with Crippen LogP contribution in [0.25, 0.3) is 0 Å². The highest BCUT2D eigenvalue weighted by atomic mass is 35.5. The first-order valence-corrected chi connectivity index (χ1v) is 6.46. The van der Waals surface area contributed by atoms with E-state index in [-0.39, 0.29) is 23.5 Å². The van der Waals surface area contributed by atoms with Gasteiger partial charge in [0.15, 0.2) is 0 Å². The lowest BCUT2D eigenvalue weighted by molar-refractivity contribution is 0.217. The summed E-state index contributed by atoms with van der Waals surface area (Å²) >= 11 is 5.67. The van der Waals surface area contributed by atoms with Gasteiger partial charge in [0.25, 0.3) is 0 Å². The van der Waals surface area contributed by atoms with Gasteiger partial charge in [0.1, 0.15) is 5.15 Å². The Hall–Kier alpha value is -0.920. The fourth-order valence-electron chi connectivity index (χ4n) is 0.959. The summed E-state index contributed by atoms with van der Waals surface area (Å²) in [6.45, 7) is 1.80. The molecular weight excluding hydrogens is 254 g/mol. The molecule has 0 saturated heterocycles. The standard InChI is InChI=1S/C8H12ClN3O3S/c1-6-5-7(9)11-8(10-6)12-16(13,14)4-3-15-2/h5H,3-4H2,1-2H3,(H,10,11,12). The number of hydrogen-bond acceptors (Lipinski definition) is 5. The van der Waals surface area contributed by atoms with Crippen LogP contribution in [-0.2, 0) is 14.8 Å². The summed E-state index contributed by atoms with van der Waals surface area (Å²) in [6, 6.07) is 1.54. The van der Waals surface area contributed by atoms with Crippen LogP contribution in [0.5, 0.6) is 0 Å². The molecule has 0 aromatic carbocycles. The Bertz CT molecular complexity index is 443. The summed E-state index contributed by atoms with van der Waals surface area (Å²) in [4.78, 5) is 7.65. The molecule has 0 aliphatic heterocycles. The Morgan fingerprint density at radius 3 is 2.75 bits per heavy atom. The van der Waals surface area contributed by atoms with Crippen LogP contribution in [0.2, 0.25) is 5.15 Å². The third-order valence-electron chi connectivity index (χ3n) is 1.63. The third-order valence-corrected chi connectivity index (χ3v) is 3.02. The first kappa shape index (κ1) is 13.1. The first-order chi connectivity index (χ1) is 7.43. The van der Waals surface area contributed by atoms with E-state index in [2.05, 4.69) is 19.4 Å². The average Bonchev–Trinajstić information content (AvgIpc) is 2.12. The summed E-state index contributed by atoms with van der Waals surface area (Å²) in [5.41, 5.74) is 0.587. The molecule has 1 N–H and O–H groups in total. The number of sulfonamides is 1. The van der Waals surface area contributed by atoms with Crippen LogP contribution in [-0.4, -0.2) is 37.9 Å². The van der Waals surface area contributed by atoms with Crippen LogP contribution in [0.15, 0.2) is 6.07 Å². The van der Waals surface area contributed by atoms with E-state index < -0.39 is 10.0 Å². The highest BCUT2D eigenvalue weighted by Crippen LogP contribution is 2.10. The highest BCUT2D eigenvalue weighted by Gasteiger charge is 2.12. The molecule has 8 heteroatoms. The number of aromatic nitrogens is 2. The van der Waals surface area contributed by atoms with Crippen molar-refractivity contribution in [3.05, 3.63) is 16.9 Å². The topological polar surface area (TPSA) is 81.2 Å². The molecule has 0 amide bonds. The quantitative estimate of drug-likeness (QED) is 0.798. The maximum Gasteiger partial charge on any atom is 0.238 e. The highest BCUT2D eigenvalue weighted by molar-refractivity contribution is 7.92. The zero-order chi connectivity index (χ0) is 12.2. The van der Waals surface area contributed by atoms with Crippen LogP contribution in [0.1, 0.15) is 5.69 Å². The minimum atomic E-state index is -3.49. The summed E-state index contributed by atoms with van der Waals surface area (Å²) in [5, 5.41) is 0.192. The average molecular weight is 266 g/mol. The largest absolute Gasteiger partial charge is 0.384 e. The van der Waals surface area contributed by atoms with E-state index in [1.165, 1.54) is 13.2 Å². The van der Waals surface area contributed by atoms with Gasteiger partial charge < -0.3 is 4.74 Å². The maximum atomic E-state index is 11.5. The number of halogens is 1. The van der Waals surface area contributed by atoms with Gasteiger partial charge in [-0.15, -0.1) is 0 Å². The molecule has 0 unspecified atom stereocenters. The predicted molar refractivity (Wildman–Crippen MR) is 61.1 cm³/mol. The van der Waals surface area contributed by atoms with Crippen molar-refractivity contribution in [1.82, 2.24) is 9.97 Å². The van der Waals surface area contributed by atoms with Crippen LogP contribution in [0, 0.1) is 6.92 Å². The monoisotopic (exact) mass is 265 g/mol. The van der Waals surface area contributed by atoms with Crippen LogP contribution < -0.4 is 4.72 Å². The molecule has 0 saturated carbocycles. The van der Waals surface area contributed by atoms with Crippen molar-refractivity contribution < 1.29 is 13.2 Å². The van der Waals surface area contributed by atoms with E-state index in [4.69, 9.17) is 11.6 Å². The SMILES string of the molecule is COCCS(=O)(=O)Nc1nc(C)cc(Cl)n1. The molecule has 1 rings (SSSR count). The summed E-state index contributed by atoms with van der Waals surface area (Å²) in [7, 11) is -2.06. The molecule has 0 aliphatic carbocycles. The number of ether oxygens (including phenoxy) is 1. The minimum Gasteiger partial charge on any atom is -0.384 e. The van der Waals surface area contributed by atoms with Crippen molar-refractivity contribution in [2.75, 3.05) is 24.2 Å². The normalized spacial score (nSPS) is 11.4. The van der Waals surface area contributed by atoms with Crippen LogP contribution >= 0.6 is 11.6 Å². The number of aryl methyl sites for hydroxylation is 1. The molecule has 0 bridgehead atoms. The fourth-order valence-corrected chi connectivity index (χ4v) is 2.05. The number of nitrogens with zero attached hydrogens (tertiary/aromatic N) is 2. The molecule has 90 valence electrons. The van der Waals surface area contributed by atoms with Gasteiger partial charge >= 0.3 is 0 Å².